The standard InChI is InChI=1S/C18H18F3N5O/c1-11(2)26-16-14(9-22-26)17(27)25-8-7-24(10-15(25)23-16)13-5-3-12(4-6-13)18(19,20)21/h3-6,9,11H,7-8,10H2,1-2H3. The quantitative estimate of drug-likeness (QED) is 0.688. The van der Waals surface area contributed by atoms with Crippen molar-refractivity contribution in [3.8, 4) is 0 Å². The zero-order valence-electron chi connectivity index (χ0n) is 14.9. The summed E-state index contributed by atoms with van der Waals surface area (Å²) in [4.78, 5) is 19.3. The number of benzene rings is 1. The number of hydrogen-bond donors (Lipinski definition) is 0. The van der Waals surface area contributed by atoms with E-state index in [4.69, 9.17) is 0 Å². The molecule has 27 heavy (non-hydrogen) atoms. The van der Waals surface area contributed by atoms with Gasteiger partial charge in [-0.25, -0.2) is 9.67 Å². The van der Waals surface area contributed by atoms with E-state index in [-0.39, 0.29) is 11.6 Å². The summed E-state index contributed by atoms with van der Waals surface area (Å²) in [7, 11) is 0. The van der Waals surface area contributed by atoms with Crippen LogP contribution in [0.4, 0.5) is 18.9 Å². The van der Waals surface area contributed by atoms with Crippen molar-refractivity contribution in [1.29, 1.82) is 0 Å². The monoisotopic (exact) mass is 377 g/mol. The molecule has 0 radical (unpaired) electrons. The van der Waals surface area contributed by atoms with Gasteiger partial charge in [0.25, 0.3) is 5.56 Å². The summed E-state index contributed by atoms with van der Waals surface area (Å²) < 4.78 is 41.6. The van der Waals surface area contributed by atoms with Gasteiger partial charge < -0.3 is 4.90 Å². The first-order chi connectivity index (χ1) is 12.8. The second-order valence-corrected chi connectivity index (χ2v) is 6.87. The third-order valence-corrected chi connectivity index (χ3v) is 4.77. The smallest absolute Gasteiger partial charge is 0.362 e. The van der Waals surface area contributed by atoms with Crippen molar-refractivity contribution in [2.24, 2.45) is 0 Å². The lowest BCUT2D eigenvalue weighted by Crippen LogP contribution is -2.40. The van der Waals surface area contributed by atoms with Crippen molar-refractivity contribution < 1.29 is 13.2 Å². The van der Waals surface area contributed by atoms with E-state index in [2.05, 4.69) is 10.1 Å². The molecular weight excluding hydrogens is 359 g/mol. The second kappa shape index (κ2) is 6.11. The summed E-state index contributed by atoms with van der Waals surface area (Å²) in [5.41, 5.74) is 0.394. The average Bonchev–Trinajstić information content (AvgIpc) is 3.05. The number of fused-ring (bicyclic) bond motifs is 2. The number of nitrogens with zero attached hydrogens (tertiary/aromatic N) is 5. The van der Waals surface area contributed by atoms with Crippen LogP contribution >= 0.6 is 0 Å². The van der Waals surface area contributed by atoms with Gasteiger partial charge in [-0.3, -0.25) is 9.36 Å². The Labute approximate surface area is 152 Å². The van der Waals surface area contributed by atoms with Crippen LogP contribution in [0.5, 0.6) is 0 Å². The molecule has 0 aliphatic carbocycles. The minimum atomic E-state index is -4.36. The van der Waals surface area contributed by atoms with Gasteiger partial charge in [-0.1, -0.05) is 0 Å². The van der Waals surface area contributed by atoms with E-state index in [0.717, 1.165) is 12.1 Å². The molecule has 1 aliphatic rings. The molecule has 1 aliphatic heterocycles. The van der Waals surface area contributed by atoms with Gasteiger partial charge in [0.1, 0.15) is 11.2 Å². The van der Waals surface area contributed by atoms with Crippen LogP contribution in [-0.2, 0) is 19.3 Å². The molecule has 142 valence electrons. The summed E-state index contributed by atoms with van der Waals surface area (Å²) in [6.45, 7) is 5.20. The minimum absolute atomic E-state index is 0.0621. The van der Waals surface area contributed by atoms with Gasteiger partial charge in [0, 0.05) is 24.8 Å². The molecule has 3 heterocycles. The Balaban J connectivity index is 1.70. The summed E-state index contributed by atoms with van der Waals surface area (Å²) >= 11 is 0. The predicted molar refractivity (Wildman–Crippen MR) is 94.7 cm³/mol. The lowest BCUT2D eigenvalue weighted by atomic mass is 10.1. The highest BCUT2D eigenvalue weighted by Gasteiger charge is 2.30. The van der Waals surface area contributed by atoms with Crippen LogP contribution in [0, 0.1) is 0 Å². The highest BCUT2D eigenvalue weighted by atomic mass is 19.4. The van der Waals surface area contributed by atoms with Crippen LogP contribution in [0.25, 0.3) is 11.0 Å². The van der Waals surface area contributed by atoms with E-state index in [1.165, 1.54) is 12.1 Å². The van der Waals surface area contributed by atoms with Crippen molar-refractivity contribution >= 4 is 16.7 Å². The Hall–Kier alpha value is -2.84. The fourth-order valence-corrected chi connectivity index (χ4v) is 3.34. The largest absolute Gasteiger partial charge is 0.416 e. The molecule has 0 spiro atoms. The highest BCUT2D eigenvalue weighted by molar-refractivity contribution is 5.73. The molecule has 9 heteroatoms. The number of halogens is 3. The average molecular weight is 377 g/mol. The molecule has 0 saturated carbocycles. The zero-order chi connectivity index (χ0) is 19.3. The third kappa shape index (κ3) is 2.96. The molecule has 0 amide bonds. The molecule has 0 saturated heterocycles. The van der Waals surface area contributed by atoms with E-state index in [1.807, 2.05) is 18.7 Å². The summed E-state index contributed by atoms with van der Waals surface area (Å²) in [5, 5.41) is 4.74. The van der Waals surface area contributed by atoms with E-state index in [9.17, 15) is 18.0 Å². The lowest BCUT2D eigenvalue weighted by Gasteiger charge is -2.31. The Bertz CT molecular complexity index is 1050. The first-order valence-electron chi connectivity index (χ1n) is 8.65. The van der Waals surface area contributed by atoms with Crippen molar-refractivity contribution in [2.75, 3.05) is 11.4 Å². The highest BCUT2D eigenvalue weighted by Crippen LogP contribution is 2.31. The third-order valence-electron chi connectivity index (χ3n) is 4.77. The molecule has 0 fully saturated rings. The minimum Gasteiger partial charge on any atom is -0.362 e. The first kappa shape index (κ1) is 17.6. The molecule has 3 aromatic rings. The summed E-state index contributed by atoms with van der Waals surface area (Å²) in [6.07, 6.45) is -2.82. The Morgan fingerprint density at radius 2 is 1.81 bits per heavy atom. The number of anilines is 1. The molecular formula is C18H18F3N5O. The number of alkyl halides is 3. The molecule has 0 unspecified atom stereocenters. The predicted octanol–water partition coefficient (Wildman–Crippen LogP) is 3.21. The van der Waals surface area contributed by atoms with Gasteiger partial charge in [0.05, 0.1) is 18.3 Å². The van der Waals surface area contributed by atoms with Crippen molar-refractivity contribution in [3.63, 3.8) is 0 Å². The maximum atomic E-state index is 12.8. The normalized spacial score (nSPS) is 14.8. The van der Waals surface area contributed by atoms with Crippen LogP contribution in [0.2, 0.25) is 0 Å². The Morgan fingerprint density at radius 3 is 2.44 bits per heavy atom. The molecule has 4 rings (SSSR count). The fourth-order valence-electron chi connectivity index (χ4n) is 3.34. The van der Waals surface area contributed by atoms with Crippen LogP contribution in [0.3, 0.4) is 0 Å². The molecule has 0 N–H and O–H groups in total. The molecule has 0 atom stereocenters. The second-order valence-electron chi connectivity index (χ2n) is 6.87. The molecule has 1 aromatic carbocycles. The SMILES string of the molecule is CC(C)n1ncc2c(=O)n3c(nc21)CN(c1ccc(C(F)(F)F)cc1)CC3. The van der Waals surface area contributed by atoms with E-state index < -0.39 is 11.7 Å². The number of rotatable bonds is 2. The Kier molecular flexibility index (Phi) is 3.97. The first-order valence-corrected chi connectivity index (χ1v) is 8.65. The van der Waals surface area contributed by atoms with Crippen LogP contribution < -0.4 is 10.5 Å². The lowest BCUT2D eigenvalue weighted by molar-refractivity contribution is -0.137. The van der Waals surface area contributed by atoms with Crippen molar-refractivity contribution in [1.82, 2.24) is 19.3 Å². The van der Waals surface area contributed by atoms with Crippen molar-refractivity contribution in [2.45, 2.75) is 39.2 Å². The zero-order valence-corrected chi connectivity index (χ0v) is 14.9. The Morgan fingerprint density at radius 1 is 1.11 bits per heavy atom. The van der Waals surface area contributed by atoms with Crippen molar-refractivity contribution in [3.05, 3.63) is 52.2 Å². The fraction of sp³-hybridized carbons (Fsp3) is 0.389. The number of hydrogen-bond acceptors (Lipinski definition) is 4. The van der Waals surface area contributed by atoms with Crippen LogP contribution in [0.1, 0.15) is 31.3 Å². The maximum Gasteiger partial charge on any atom is 0.416 e. The van der Waals surface area contributed by atoms with Crippen LogP contribution in [0.15, 0.2) is 35.3 Å². The van der Waals surface area contributed by atoms with Gasteiger partial charge in [-0.2, -0.15) is 18.3 Å². The maximum absolute atomic E-state index is 12.8. The van der Waals surface area contributed by atoms with Gasteiger partial charge in [0.15, 0.2) is 5.65 Å². The van der Waals surface area contributed by atoms with Gasteiger partial charge in [-0.05, 0) is 38.1 Å². The van der Waals surface area contributed by atoms with Gasteiger partial charge in [-0.15, -0.1) is 0 Å². The van der Waals surface area contributed by atoms with Gasteiger partial charge in [0.2, 0.25) is 0 Å². The molecule has 0 bridgehead atoms. The molecule has 2 aromatic heterocycles. The van der Waals surface area contributed by atoms with E-state index in [0.29, 0.717) is 42.2 Å². The topological polar surface area (TPSA) is 56.0 Å². The van der Waals surface area contributed by atoms with Gasteiger partial charge >= 0.3 is 6.18 Å². The van der Waals surface area contributed by atoms with E-state index >= 15 is 0 Å². The van der Waals surface area contributed by atoms with Crippen LogP contribution in [-0.4, -0.2) is 25.9 Å². The molecule has 6 nitrogen and oxygen atoms in total. The van der Waals surface area contributed by atoms with E-state index in [1.54, 1.807) is 15.4 Å². The summed E-state index contributed by atoms with van der Waals surface area (Å²) in [5.74, 6) is 0.584. The number of aromatic nitrogens is 4. The summed E-state index contributed by atoms with van der Waals surface area (Å²) in [6, 6.07) is 5.11.